The average molecular weight is 403 g/mol. The summed E-state index contributed by atoms with van der Waals surface area (Å²) in [5.41, 5.74) is 0.175. The van der Waals surface area contributed by atoms with Crippen molar-refractivity contribution in [2.45, 2.75) is 37.8 Å². The van der Waals surface area contributed by atoms with Gasteiger partial charge in [0.25, 0.3) is 0 Å². The molecular weight excluding hydrogens is 368 g/mol. The molecule has 0 aliphatic heterocycles. The van der Waals surface area contributed by atoms with Gasteiger partial charge in [0.2, 0.25) is 0 Å². The summed E-state index contributed by atoms with van der Waals surface area (Å²) in [6.07, 6.45) is 1.45. The molecule has 24 heavy (non-hydrogen) atoms. The molecule has 0 aliphatic carbocycles. The molecule has 0 heterocycles. The SMILES string of the molecule is CO[Si](OC)(OC)C(C)CCS(=O)CCC(C)[Si](OC)(OC)OC. The fourth-order valence-electron chi connectivity index (χ4n) is 2.78. The van der Waals surface area contributed by atoms with Crippen LogP contribution >= 0.6 is 0 Å². The Balaban J connectivity index is 4.46. The molecule has 0 N–H and O–H groups in total. The fraction of sp³-hybridized carbons (Fsp3) is 1.00. The lowest BCUT2D eigenvalue weighted by Gasteiger charge is -2.30. The van der Waals surface area contributed by atoms with Gasteiger partial charge in [0.1, 0.15) is 0 Å². The molecule has 0 rings (SSSR count). The normalized spacial score (nSPS) is 16.8. The van der Waals surface area contributed by atoms with Crippen LogP contribution in [-0.2, 0) is 37.4 Å². The maximum atomic E-state index is 12.3. The quantitative estimate of drug-likeness (QED) is 0.412. The predicted octanol–water partition coefficient (Wildman–Crippen LogP) is 2.05. The molecule has 0 aromatic heterocycles. The van der Waals surface area contributed by atoms with Crippen LogP contribution in [0.4, 0.5) is 0 Å². The summed E-state index contributed by atoms with van der Waals surface area (Å²) in [5.74, 6) is 1.17. The minimum absolute atomic E-state index is 0.0873. The van der Waals surface area contributed by atoms with E-state index in [1.165, 1.54) is 0 Å². The smallest absolute Gasteiger partial charge is 0.377 e. The van der Waals surface area contributed by atoms with E-state index in [0.717, 1.165) is 12.8 Å². The van der Waals surface area contributed by atoms with E-state index in [1.54, 1.807) is 42.7 Å². The van der Waals surface area contributed by atoms with Crippen molar-refractivity contribution in [2.75, 3.05) is 54.2 Å². The molecule has 0 aromatic rings. The van der Waals surface area contributed by atoms with Gasteiger partial charge < -0.3 is 26.6 Å². The van der Waals surface area contributed by atoms with Crippen LogP contribution in [-0.4, -0.2) is 76.0 Å². The Morgan fingerprint density at radius 1 is 0.667 bits per heavy atom. The third kappa shape index (κ3) is 6.25. The number of rotatable bonds is 14. The zero-order chi connectivity index (χ0) is 18.8. The first-order valence-electron chi connectivity index (χ1n) is 7.97. The maximum Gasteiger partial charge on any atom is 0.503 e. The summed E-state index contributed by atoms with van der Waals surface area (Å²) >= 11 is 0. The monoisotopic (exact) mass is 402 g/mol. The minimum Gasteiger partial charge on any atom is -0.377 e. The molecule has 0 fully saturated rings. The van der Waals surface area contributed by atoms with Crippen LogP contribution in [0.5, 0.6) is 0 Å². The van der Waals surface area contributed by atoms with Crippen LogP contribution in [0.3, 0.4) is 0 Å². The highest BCUT2D eigenvalue weighted by atomic mass is 32.2. The molecule has 0 aliphatic rings. The molecule has 10 heteroatoms. The zero-order valence-electron chi connectivity index (χ0n) is 16.2. The molecule has 2 atom stereocenters. The molecule has 7 nitrogen and oxygen atoms in total. The van der Waals surface area contributed by atoms with Crippen LogP contribution in [0.2, 0.25) is 11.1 Å². The van der Waals surface area contributed by atoms with Crippen molar-refractivity contribution in [3.05, 3.63) is 0 Å². The van der Waals surface area contributed by atoms with E-state index < -0.39 is 28.4 Å². The molecule has 0 amide bonds. The Hall–Kier alpha value is 0.344. The summed E-state index contributed by atoms with van der Waals surface area (Å²) in [6.45, 7) is 4.03. The number of hydrogen-bond acceptors (Lipinski definition) is 7. The molecular formula is C14H34O7SSi2. The molecule has 0 saturated heterocycles. The van der Waals surface area contributed by atoms with Crippen LogP contribution < -0.4 is 0 Å². The van der Waals surface area contributed by atoms with Gasteiger partial charge in [0.15, 0.2) is 0 Å². The first-order valence-corrected chi connectivity index (χ1v) is 13.1. The molecule has 0 bridgehead atoms. The second kappa shape index (κ2) is 11.9. The van der Waals surface area contributed by atoms with E-state index in [4.69, 9.17) is 26.6 Å². The first-order chi connectivity index (χ1) is 11.3. The predicted molar refractivity (Wildman–Crippen MR) is 99.5 cm³/mol. The third-order valence-corrected chi connectivity index (χ3v) is 12.3. The largest absolute Gasteiger partial charge is 0.503 e. The van der Waals surface area contributed by atoms with Gasteiger partial charge in [-0.1, -0.05) is 13.8 Å². The van der Waals surface area contributed by atoms with E-state index in [2.05, 4.69) is 0 Å². The molecule has 0 aromatic carbocycles. The molecule has 0 spiro atoms. The van der Waals surface area contributed by atoms with E-state index in [9.17, 15) is 4.21 Å². The van der Waals surface area contributed by atoms with Crippen molar-refractivity contribution in [2.24, 2.45) is 0 Å². The van der Waals surface area contributed by atoms with Gasteiger partial charge >= 0.3 is 17.6 Å². The standard InChI is InChI=1S/C14H34O7SSi2/c1-13(23(16-3,17-4)18-5)9-11-22(15)12-10-14(2)24(19-6,20-7)21-8/h13-14H,9-12H2,1-8H3. The molecule has 2 unspecified atom stereocenters. The second-order valence-electron chi connectivity index (χ2n) is 5.66. The van der Waals surface area contributed by atoms with Gasteiger partial charge in [-0.25, -0.2) is 0 Å². The average Bonchev–Trinajstić information content (AvgIpc) is 2.62. The van der Waals surface area contributed by atoms with Crippen molar-refractivity contribution >= 4 is 28.4 Å². The zero-order valence-corrected chi connectivity index (χ0v) is 19.1. The summed E-state index contributed by atoms with van der Waals surface area (Å²) in [7, 11) is 3.31. The van der Waals surface area contributed by atoms with Crippen LogP contribution in [0.15, 0.2) is 0 Å². The second-order valence-corrected chi connectivity index (χ2v) is 14.2. The van der Waals surface area contributed by atoms with Gasteiger partial charge in [0.05, 0.1) is 0 Å². The molecule has 0 radical (unpaired) electrons. The van der Waals surface area contributed by atoms with Gasteiger partial charge in [-0.2, -0.15) is 0 Å². The van der Waals surface area contributed by atoms with Gasteiger partial charge in [-0.05, 0) is 12.8 Å². The van der Waals surface area contributed by atoms with Crippen molar-refractivity contribution < 1.29 is 30.8 Å². The van der Waals surface area contributed by atoms with Crippen molar-refractivity contribution in [3.8, 4) is 0 Å². The summed E-state index contributed by atoms with van der Waals surface area (Å²) in [6, 6.07) is 0. The highest BCUT2D eigenvalue weighted by molar-refractivity contribution is 7.84. The van der Waals surface area contributed by atoms with Gasteiger partial charge in [-0.15, -0.1) is 0 Å². The van der Waals surface area contributed by atoms with Crippen LogP contribution in [0.25, 0.3) is 0 Å². The Morgan fingerprint density at radius 3 is 1.12 bits per heavy atom. The van der Waals surface area contributed by atoms with Crippen LogP contribution in [0, 0.1) is 0 Å². The van der Waals surface area contributed by atoms with Crippen molar-refractivity contribution in [1.29, 1.82) is 0 Å². The Kier molecular flexibility index (Phi) is 12.0. The highest BCUT2D eigenvalue weighted by Crippen LogP contribution is 2.29. The van der Waals surface area contributed by atoms with E-state index >= 15 is 0 Å². The fourth-order valence-corrected chi connectivity index (χ4v) is 9.04. The lowest BCUT2D eigenvalue weighted by atomic mass is 10.4. The van der Waals surface area contributed by atoms with Gasteiger partial charge in [-0.3, -0.25) is 4.21 Å². The minimum atomic E-state index is -2.67. The lowest BCUT2D eigenvalue weighted by molar-refractivity contribution is 0.112. The highest BCUT2D eigenvalue weighted by Gasteiger charge is 2.45. The Morgan fingerprint density at radius 2 is 0.917 bits per heavy atom. The van der Waals surface area contributed by atoms with Crippen molar-refractivity contribution in [1.82, 2.24) is 0 Å². The summed E-state index contributed by atoms with van der Waals surface area (Å²) in [5, 5.41) is 0. The molecule has 146 valence electrons. The Labute approximate surface area is 151 Å². The summed E-state index contributed by atoms with van der Waals surface area (Å²) < 4.78 is 45.1. The Bertz CT molecular complexity index is 317. The molecule has 0 saturated carbocycles. The lowest BCUT2D eigenvalue weighted by Crippen LogP contribution is -2.47. The van der Waals surface area contributed by atoms with E-state index in [0.29, 0.717) is 11.5 Å². The third-order valence-electron chi connectivity index (χ3n) is 4.47. The number of hydrogen-bond donors (Lipinski definition) is 0. The maximum absolute atomic E-state index is 12.3. The van der Waals surface area contributed by atoms with E-state index in [-0.39, 0.29) is 11.1 Å². The van der Waals surface area contributed by atoms with E-state index in [1.807, 2.05) is 13.8 Å². The van der Waals surface area contributed by atoms with Crippen molar-refractivity contribution in [3.63, 3.8) is 0 Å². The van der Waals surface area contributed by atoms with Crippen LogP contribution in [0.1, 0.15) is 26.7 Å². The summed E-state index contributed by atoms with van der Waals surface area (Å²) in [4.78, 5) is 0. The topological polar surface area (TPSA) is 72.5 Å². The first kappa shape index (κ1) is 24.3. The van der Waals surface area contributed by atoms with Gasteiger partial charge in [0, 0.05) is 76.0 Å².